The smallest absolute Gasteiger partial charge is 0.253 e. The Morgan fingerprint density at radius 2 is 1.50 bits per heavy atom. The monoisotopic (exact) mass is 249 g/mol. The van der Waals surface area contributed by atoms with E-state index in [9.17, 15) is 4.79 Å². The number of hydrogen-bond donors (Lipinski definition) is 0. The summed E-state index contributed by atoms with van der Waals surface area (Å²) in [6.07, 6.45) is 0. The molecule has 102 valence electrons. The van der Waals surface area contributed by atoms with Gasteiger partial charge >= 0.3 is 0 Å². The number of amides is 1. The van der Waals surface area contributed by atoms with Crippen LogP contribution in [0.2, 0.25) is 0 Å². The highest BCUT2D eigenvalue weighted by atomic mass is 16.2. The molecule has 0 bridgehead atoms. The molecule has 18 heavy (non-hydrogen) atoms. The van der Waals surface area contributed by atoms with E-state index in [4.69, 9.17) is 0 Å². The average molecular weight is 249 g/mol. The first-order chi connectivity index (χ1) is 8.60. The second kappa shape index (κ2) is 8.73. The quantitative estimate of drug-likeness (QED) is 0.778. The van der Waals surface area contributed by atoms with Crippen molar-refractivity contribution in [1.82, 2.24) is 4.90 Å². The Balaban J connectivity index is 0.00000137. The van der Waals surface area contributed by atoms with E-state index in [1.165, 1.54) is 5.56 Å². The minimum Gasteiger partial charge on any atom is -0.339 e. The lowest BCUT2D eigenvalue weighted by Crippen LogP contribution is -2.30. The molecule has 0 N–H and O–H groups in total. The van der Waals surface area contributed by atoms with Gasteiger partial charge in [0.1, 0.15) is 0 Å². The van der Waals surface area contributed by atoms with E-state index in [1.54, 1.807) is 0 Å². The average Bonchev–Trinajstić information content (AvgIpc) is 2.42. The fraction of sp³-hybridized carbons (Fsp3) is 0.562. The lowest BCUT2D eigenvalue weighted by molar-refractivity contribution is 0.0773. The van der Waals surface area contributed by atoms with Gasteiger partial charge in [0.2, 0.25) is 0 Å². The Morgan fingerprint density at radius 1 is 1.06 bits per heavy atom. The van der Waals surface area contributed by atoms with Crippen LogP contribution in [0, 0.1) is 0 Å². The molecule has 0 radical (unpaired) electrons. The molecule has 1 amide bonds. The molecule has 2 heteroatoms. The van der Waals surface area contributed by atoms with Crippen LogP contribution >= 0.6 is 0 Å². The van der Waals surface area contributed by atoms with Gasteiger partial charge in [0.05, 0.1) is 0 Å². The van der Waals surface area contributed by atoms with Gasteiger partial charge in [-0.1, -0.05) is 39.8 Å². The maximum atomic E-state index is 12.0. The molecule has 1 rings (SSSR count). The summed E-state index contributed by atoms with van der Waals surface area (Å²) in [5, 5.41) is 0. The topological polar surface area (TPSA) is 20.3 Å². The summed E-state index contributed by atoms with van der Waals surface area (Å²) in [5.74, 6) is 0.637. The van der Waals surface area contributed by atoms with E-state index in [0.717, 1.165) is 18.7 Å². The second-order valence-electron chi connectivity index (χ2n) is 4.25. The van der Waals surface area contributed by atoms with Crippen molar-refractivity contribution in [2.75, 3.05) is 13.1 Å². The Labute approximate surface area is 112 Å². The standard InChI is InChI=1S/C14H21NO.C2H6/c1-5-15(6-2)14(16)13-9-7-12(8-10-13)11(3)4;1-2/h7-11H,5-6H2,1-4H3;1-2H3. The SMILES string of the molecule is CC.CCN(CC)C(=O)c1ccc(C(C)C)cc1. The number of nitrogens with zero attached hydrogens (tertiary/aromatic N) is 1. The van der Waals surface area contributed by atoms with E-state index in [0.29, 0.717) is 5.92 Å². The van der Waals surface area contributed by atoms with Crippen LogP contribution in [0.3, 0.4) is 0 Å². The minimum atomic E-state index is 0.125. The predicted octanol–water partition coefficient (Wildman–Crippen LogP) is 4.32. The molecule has 0 aliphatic heterocycles. The third-order valence-corrected chi connectivity index (χ3v) is 2.87. The molecule has 0 aliphatic rings. The summed E-state index contributed by atoms with van der Waals surface area (Å²) in [4.78, 5) is 13.9. The van der Waals surface area contributed by atoms with E-state index in [-0.39, 0.29) is 5.91 Å². The molecule has 1 aromatic carbocycles. The van der Waals surface area contributed by atoms with E-state index in [2.05, 4.69) is 13.8 Å². The summed E-state index contributed by atoms with van der Waals surface area (Å²) >= 11 is 0. The number of rotatable bonds is 4. The Kier molecular flexibility index (Phi) is 8.10. The summed E-state index contributed by atoms with van der Waals surface area (Å²) in [6.45, 7) is 13.8. The van der Waals surface area contributed by atoms with Crippen molar-refractivity contribution in [2.45, 2.75) is 47.5 Å². The number of carbonyl (C=O) groups is 1. The first-order valence-electron chi connectivity index (χ1n) is 6.99. The Bertz CT molecular complexity index is 337. The van der Waals surface area contributed by atoms with Gasteiger partial charge in [-0.3, -0.25) is 4.79 Å². The lowest BCUT2D eigenvalue weighted by atomic mass is 10.0. The molecular formula is C16H27NO. The van der Waals surface area contributed by atoms with Gasteiger partial charge < -0.3 is 4.90 Å². The van der Waals surface area contributed by atoms with Crippen molar-refractivity contribution in [3.05, 3.63) is 35.4 Å². The van der Waals surface area contributed by atoms with Crippen LogP contribution < -0.4 is 0 Å². The second-order valence-corrected chi connectivity index (χ2v) is 4.25. The van der Waals surface area contributed by atoms with E-state index >= 15 is 0 Å². The number of benzene rings is 1. The van der Waals surface area contributed by atoms with Gasteiger partial charge in [-0.2, -0.15) is 0 Å². The van der Waals surface area contributed by atoms with Crippen LogP contribution in [0.4, 0.5) is 0 Å². The van der Waals surface area contributed by atoms with Crippen molar-refractivity contribution >= 4 is 5.91 Å². The van der Waals surface area contributed by atoms with Gasteiger partial charge in [0, 0.05) is 18.7 Å². The van der Waals surface area contributed by atoms with Gasteiger partial charge in [-0.05, 0) is 37.5 Å². The van der Waals surface area contributed by atoms with Crippen molar-refractivity contribution in [3.63, 3.8) is 0 Å². The fourth-order valence-electron chi connectivity index (χ4n) is 1.70. The van der Waals surface area contributed by atoms with Crippen LogP contribution in [-0.4, -0.2) is 23.9 Å². The van der Waals surface area contributed by atoms with Crippen LogP contribution in [0.25, 0.3) is 0 Å². The number of hydrogen-bond acceptors (Lipinski definition) is 1. The molecule has 0 atom stereocenters. The first kappa shape index (κ1) is 16.7. The maximum Gasteiger partial charge on any atom is 0.253 e. The zero-order chi connectivity index (χ0) is 14.1. The largest absolute Gasteiger partial charge is 0.339 e. The predicted molar refractivity (Wildman–Crippen MR) is 79.1 cm³/mol. The molecule has 1 aromatic rings. The Hall–Kier alpha value is -1.31. The normalized spacial score (nSPS) is 9.72. The van der Waals surface area contributed by atoms with E-state index in [1.807, 2.05) is 56.9 Å². The zero-order valence-corrected chi connectivity index (χ0v) is 12.7. The zero-order valence-electron chi connectivity index (χ0n) is 12.7. The fourth-order valence-corrected chi connectivity index (χ4v) is 1.70. The van der Waals surface area contributed by atoms with Crippen LogP contribution in [-0.2, 0) is 0 Å². The van der Waals surface area contributed by atoms with Crippen molar-refractivity contribution in [1.29, 1.82) is 0 Å². The van der Waals surface area contributed by atoms with Gasteiger partial charge in [-0.15, -0.1) is 0 Å². The van der Waals surface area contributed by atoms with Crippen LogP contribution in [0.1, 0.15) is 63.4 Å². The summed E-state index contributed by atoms with van der Waals surface area (Å²) in [5.41, 5.74) is 2.06. The summed E-state index contributed by atoms with van der Waals surface area (Å²) < 4.78 is 0. The minimum absolute atomic E-state index is 0.125. The molecule has 0 saturated heterocycles. The number of carbonyl (C=O) groups excluding carboxylic acids is 1. The maximum absolute atomic E-state index is 12.0. The lowest BCUT2D eigenvalue weighted by Gasteiger charge is -2.18. The first-order valence-corrected chi connectivity index (χ1v) is 6.99. The molecular weight excluding hydrogens is 222 g/mol. The molecule has 0 aromatic heterocycles. The highest BCUT2D eigenvalue weighted by Gasteiger charge is 2.12. The molecule has 0 aliphatic carbocycles. The molecule has 2 nitrogen and oxygen atoms in total. The third kappa shape index (κ3) is 4.52. The van der Waals surface area contributed by atoms with Crippen LogP contribution in [0.15, 0.2) is 24.3 Å². The third-order valence-electron chi connectivity index (χ3n) is 2.87. The molecule has 0 heterocycles. The molecule has 0 fully saturated rings. The van der Waals surface area contributed by atoms with Crippen molar-refractivity contribution in [2.24, 2.45) is 0 Å². The van der Waals surface area contributed by atoms with E-state index < -0.39 is 0 Å². The molecule has 0 unspecified atom stereocenters. The summed E-state index contributed by atoms with van der Waals surface area (Å²) in [7, 11) is 0. The summed E-state index contributed by atoms with van der Waals surface area (Å²) in [6, 6.07) is 7.94. The van der Waals surface area contributed by atoms with Gasteiger partial charge in [0.25, 0.3) is 5.91 Å². The van der Waals surface area contributed by atoms with Crippen molar-refractivity contribution < 1.29 is 4.79 Å². The Morgan fingerprint density at radius 3 is 1.83 bits per heavy atom. The van der Waals surface area contributed by atoms with Gasteiger partial charge in [-0.25, -0.2) is 0 Å². The highest BCUT2D eigenvalue weighted by molar-refractivity contribution is 5.94. The van der Waals surface area contributed by atoms with Crippen LogP contribution in [0.5, 0.6) is 0 Å². The highest BCUT2D eigenvalue weighted by Crippen LogP contribution is 2.15. The van der Waals surface area contributed by atoms with Gasteiger partial charge in [0.15, 0.2) is 0 Å². The van der Waals surface area contributed by atoms with Crippen molar-refractivity contribution in [3.8, 4) is 0 Å². The molecule has 0 spiro atoms. The molecule has 0 saturated carbocycles.